The molecule has 0 rings (SSSR count). The molecule has 0 aromatic rings. The first kappa shape index (κ1) is 14.2. The fourth-order valence-electron chi connectivity index (χ4n) is 1.26. The molecule has 0 aliphatic rings. The zero-order valence-electron chi connectivity index (χ0n) is 10.3. The van der Waals surface area contributed by atoms with E-state index in [4.69, 9.17) is 4.74 Å². The molecule has 15 heavy (non-hydrogen) atoms. The van der Waals surface area contributed by atoms with E-state index in [0.29, 0.717) is 6.42 Å². The second-order valence-corrected chi connectivity index (χ2v) is 4.04. The van der Waals surface area contributed by atoms with Crippen molar-refractivity contribution in [3.63, 3.8) is 0 Å². The fourth-order valence-corrected chi connectivity index (χ4v) is 1.26. The first-order valence-electron chi connectivity index (χ1n) is 6.01. The quantitative estimate of drug-likeness (QED) is 0.347. The van der Waals surface area contributed by atoms with Crippen LogP contribution in [0.5, 0.6) is 0 Å². The molecular formula is C13H24O2. The molecular weight excluding hydrogens is 188 g/mol. The highest BCUT2D eigenvalue weighted by atomic mass is 16.5. The van der Waals surface area contributed by atoms with Crippen LogP contribution in [0, 0.1) is 0 Å². The molecule has 0 saturated heterocycles. The second kappa shape index (κ2) is 9.75. The van der Waals surface area contributed by atoms with Crippen molar-refractivity contribution in [3.8, 4) is 0 Å². The summed E-state index contributed by atoms with van der Waals surface area (Å²) < 4.78 is 5.04. The van der Waals surface area contributed by atoms with E-state index in [1.807, 2.05) is 13.8 Å². The van der Waals surface area contributed by atoms with E-state index in [-0.39, 0.29) is 12.1 Å². The lowest BCUT2D eigenvalue weighted by molar-refractivity contribution is -0.147. The van der Waals surface area contributed by atoms with Crippen LogP contribution in [0.1, 0.15) is 59.3 Å². The lowest BCUT2D eigenvalue weighted by atomic mass is 10.2. The van der Waals surface area contributed by atoms with E-state index in [1.165, 1.54) is 6.42 Å². The smallest absolute Gasteiger partial charge is 0.306 e. The van der Waals surface area contributed by atoms with Gasteiger partial charge < -0.3 is 4.74 Å². The highest BCUT2D eigenvalue weighted by molar-refractivity contribution is 5.69. The molecule has 88 valence electrons. The molecule has 2 nitrogen and oxygen atoms in total. The molecule has 0 radical (unpaired) electrons. The topological polar surface area (TPSA) is 26.3 Å². The summed E-state index contributed by atoms with van der Waals surface area (Å²) in [6.07, 6.45) is 10.4. The Kier molecular flexibility index (Phi) is 9.24. The Morgan fingerprint density at radius 3 is 2.47 bits per heavy atom. The van der Waals surface area contributed by atoms with Crippen LogP contribution in [0.15, 0.2) is 12.2 Å². The summed E-state index contributed by atoms with van der Waals surface area (Å²) in [4.78, 5) is 11.1. The van der Waals surface area contributed by atoms with Gasteiger partial charge in [-0.25, -0.2) is 0 Å². The van der Waals surface area contributed by atoms with Gasteiger partial charge in [0.1, 0.15) is 0 Å². The molecule has 0 N–H and O–H groups in total. The molecule has 0 heterocycles. The predicted octanol–water partition coefficient (Wildman–Crippen LogP) is 3.85. The fraction of sp³-hybridized carbons (Fsp3) is 0.769. The summed E-state index contributed by atoms with van der Waals surface area (Å²) in [5.74, 6) is -0.0671. The Morgan fingerprint density at radius 1 is 1.20 bits per heavy atom. The molecule has 0 aliphatic carbocycles. The van der Waals surface area contributed by atoms with Crippen LogP contribution in [0.25, 0.3) is 0 Å². The van der Waals surface area contributed by atoms with Gasteiger partial charge in [0.05, 0.1) is 6.10 Å². The van der Waals surface area contributed by atoms with Crippen molar-refractivity contribution in [1.29, 1.82) is 0 Å². The van der Waals surface area contributed by atoms with E-state index < -0.39 is 0 Å². The summed E-state index contributed by atoms with van der Waals surface area (Å²) >= 11 is 0. The molecule has 0 atom stereocenters. The van der Waals surface area contributed by atoms with Crippen LogP contribution in [-0.2, 0) is 9.53 Å². The average Bonchev–Trinajstić information content (AvgIpc) is 2.15. The number of carbonyl (C=O) groups is 1. The summed E-state index contributed by atoms with van der Waals surface area (Å²) in [6.45, 7) is 5.93. The monoisotopic (exact) mass is 212 g/mol. The van der Waals surface area contributed by atoms with E-state index in [9.17, 15) is 4.79 Å². The largest absolute Gasteiger partial charge is 0.463 e. The van der Waals surface area contributed by atoms with Gasteiger partial charge in [-0.05, 0) is 39.5 Å². The van der Waals surface area contributed by atoms with Crippen LogP contribution < -0.4 is 0 Å². The normalized spacial score (nSPS) is 11.2. The summed E-state index contributed by atoms with van der Waals surface area (Å²) in [6, 6.07) is 0. The van der Waals surface area contributed by atoms with Crippen LogP contribution in [-0.4, -0.2) is 12.1 Å². The first-order valence-corrected chi connectivity index (χ1v) is 6.01. The number of unbranched alkanes of at least 4 members (excludes halogenated alkanes) is 3. The van der Waals surface area contributed by atoms with Crippen molar-refractivity contribution in [3.05, 3.63) is 12.2 Å². The van der Waals surface area contributed by atoms with Crippen LogP contribution >= 0.6 is 0 Å². The zero-order valence-corrected chi connectivity index (χ0v) is 10.3. The van der Waals surface area contributed by atoms with Gasteiger partial charge in [0.25, 0.3) is 0 Å². The van der Waals surface area contributed by atoms with Crippen molar-refractivity contribution in [2.75, 3.05) is 0 Å². The molecule has 0 aromatic heterocycles. The number of hydrogen-bond donors (Lipinski definition) is 0. The molecule has 0 bridgehead atoms. The molecule has 0 fully saturated rings. The maximum Gasteiger partial charge on any atom is 0.306 e. The maximum atomic E-state index is 11.1. The van der Waals surface area contributed by atoms with Crippen molar-refractivity contribution in [1.82, 2.24) is 0 Å². The average molecular weight is 212 g/mol. The SMILES string of the molecule is CCCC=CCCCCC(=O)OC(C)C. The van der Waals surface area contributed by atoms with Gasteiger partial charge in [-0.2, -0.15) is 0 Å². The van der Waals surface area contributed by atoms with Crippen LogP contribution in [0.2, 0.25) is 0 Å². The summed E-state index contributed by atoms with van der Waals surface area (Å²) in [7, 11) is 0. The number of carbonyl (C=O) groups excluding carboxylic acids is 1. The van der Waals surface area contributed by atoms with Crippen LogP contribution in [0.4, 0.5) is 0 Å². The summed E-state index contributed by atoms with van der Waals surface area (Å²) in [5, 5.41) is 0. The number of rotatable bonds is 8. The number of hydrogen-bond acceptors (Lipinski definition) is 2. The predicted molar refractivity (Wildman–Crippen MR) is 63.7 cm³/mol. The van der Waals surface area contributed by atoms with Gasteiger partial charge in [0, 0.05) is 6.42 Å². The van der Waals surface area contributed by atoms with Crippen molar-refractivity contribution in [2.24, 2.45) is 0 Å². The van der Waals surface area contributed by atoms with Gasteiger partial charge in [0.2, 0.25) is 0 Å². The van der Waals surface area contributed by atoms with Crippen molar-refractivity contribution >= 4 is 5.97 Å². The van der Waals surface area contributed by atoms with E-state index in [0.717, 1.165) is 25.7 Å². The lowest BCUT2D eigenvalue weighted by Crippen LogP contribution is -2.10. The molecule has 0 aromatic carbocycles. The Labute approximate surface area is 93.7 Å². The van der Waals surface area contributed by atoms with Crippen molar-refractivity contribution < 1.29 is 9.53 Å². The minimum absolute atomic E-state index is 0.0157. The molecule has 0 spiro atoms. The minimum Gasteiger partial charge on any atom is -0.463 e. The third-order valence-corrected chi connectivity index (χ3v) is 1.99. The Bertz CT molecular complexity index is 183. The standard InChI is InChI=1S/C13H24O2/c1-4-5-6-7-8-9-10-11-13(14)15-12(2)3/h6-7,12H,4-5,8-11H2,1-3H3. The van der Waals surface area contributed by atoms with Crippen LogP contribution in [0.3, 0.4) is 0 Å². The van der Waals surface area contributed by atoms with Crippen molar-refractivity contribution in [2.45, 2.75) is 65.4 Å². The number of esters is 1. The molecule has 0 saturated carbocycles. The van der Waals surface area contributed by atoms with Gasteiger partial charge >= 0.3 is 5.97 Å². The van der Waals surface area contributed by atoms with E-state index in [1.54, 1.807) is 0 Å². The van der Waals surface area contributed by atoms with Gasteiger partial charge in [-0.15, -0.1) is 0 Å². The molecule has 0 aliphatic heterocycles. The van der Waals surface area contributed by atoms with E-state index in [2.05, 4.69) is 19.1 Å². The zero-order chi connectivity index (χ0) is 11.5. The summed E-state index contributed by atoms with van der Waals surface area (Å²) in [5.41, 5.74) is 0. The Hall–Kier alpha value is -0.790. The van der Waals surface area contributed by atoms with E-state index >= 15 is 0 Å². The maximum absolute atomic E-state index is 11.1. The molecule has 2 heteroatoms. The Morgan fingerprint density at radius 2 is 1.87 bits per heavy atom. The minimum atomic E-state index is -0.0671. The van der Waals surface area contributed by atoms with Gasteiger partial charge in [-0.3, -0.25) is 4.79 Å². The van der Waals surface area contributed by atoms with Gasteiger partial charge in [-0.1, -0.05) is 25.5 Å². The first-order chi connectivity index (χ1) is 7.16. The molecule has 0 unspecified atom stereocenters. The Balaban J connectivity index is 3.27. The lowest BCUT2D eigenvalue weighted by Gasteiger charge is -2.06. The number of ether oxygens (including phenoxy) is 1. The molecule has 0 amide bonds. The third kappa shape index (κ3) is 11.1. The third-order valence-electron chi connectivity index (χ3n) is 1.99. The highest BCUT2D eigenvalue weighted by Gasteiger charge is 2.03. The highest BCUT2D eigenvalue weighted by Crippen LogP contribution is 2.04. The second-order valence-electron chi connectivity index (χ2n) is 4.04. The number of allylic oxidation sites excluding steroid dienone is 2. The van der Waals surface area contributed by atoms with Gasteiger partial charge in [0.15, 0.2) is 0 Å².